The molecule has 0 rings (SSSR count). The molecular weight excluding hydrogens is 454 g/mol. The molecule has 196 valence electrons. The van der Waals surface area contributed by atoms with E-state index in [0.29, 0.717) is 0 Å². The molecular formula is C22H50O8P2. The molecule has 8 nitrogen and oxygen atoms in total. The van der Waals surface area contributed by atoms with Gasteiger partial charge in [-0.2, -0.15) is 0 Å². The van der Waals surface area contributed by atoms with E-state index in [0.717, 1.165) is 38.5 Å². The van der Waals surface area contributed by atoms with Gasteiger partial charge in [-0.1, -0.05) is 117 Å². The molecule has 4 N–H and O–H groups in total. The van der Waals surface area contributed by atoms with Gasteiger partial charge in [0.25, 0.3) is 0 Å². The first kappa shape index (κ1) is 34.4. The van der Waals surface area contributed by atoms with Crippen LogP contribution in [-0.2, 0) is 18.2 Å². The summed E-state index contributed by atoms with van der Waals surface area (Å²) in [6.45, 7) is 4.75. The monoisotopic (exact) mass is 504 g/mol. The maximum absolute atomic E-state index is 10.4. The van der Waals surface area contributed by atoms with Gasteiger partial charge in [0.2, 0.25) is 0 Å². The smallest absolute Gasteiger partial charge is 0.303 e. The Labute approximate surface area is 196 Å². The molecule has 0 amide bonds. The van der Waals surface area contributed by atoms with Crippen LogP contribution < -0.4 is 0 Å². The number of phosphoric ester groups is 2. The molecule has 0 spiro atoms. The maximum atomic E-state index is 10.4. The van der Waals surface area contributed by atoms with Crippen LogP contribution in [0.15, 0.2) is 0 Å². The minimum atomic E-state index is -4.24. The van der Waals surface area contributed by atoms with E-state index in [-0.39, 0.29) is 13.2 Å². The highest BCUT2D eigenvalue weighted by Crippen LogP contribution is 2.36. The van der Waals surface area contributed by atoms with Crippen LogP contribution in [0.5, 0.6) is 0 Å². The second kappa shape index (κ2) is 24.3. The van der Waals surface area contributed by atoms with E-state index in [4.69, 9.17) is 19.6 Å². The average Bonchev–Trinajstić information content (AvgIpc) is 2.70. The van der Waals surface area contributed by atoms with E-state index >= 15 is 0 Å². The lowest BCUT2D eigenvalue weighted by Gasteiger charge is -2.05. The van der Waals surface area contributed by atoms with Gasteiger partial charge < -0.3 is 19.6 Å². The van der Waals surface area contributed by atoms with E-state index in [1.165, 1.54) is 77.0 Å². The minimum Gasteiger partial charge on any atom is -0.303 e. The summed E-state index contributed by atoms with van der Waals surface area (Å²) >= 11 is 0. The van der Waals surface area contributed by atoms with Gasteiger partial charge >= 0.3 is 15.6 Å². The highest BCUT2D eigenvalue weighted by molar-refractivity contribution is 7.46. The van der Waals surface area contributed by atoms with Crippen molar-refractivity contribution in [2.24, 2.45) is 0 Å². The van der Waals surface area contributed by atoms with E-state index in [1.807, 2.05) is 0 Å². The van der Waals surface area contributed by atoms with Crippen molar-refractivity contribution in [2.75, 3.05) is 13.2 Å². The summed E-state index contributed by atoms with van der Waals surface area (Å²) in [6.07, 6.45) is 21.2. The molecule has 0 aliphatic rings. The molecule has 0 fully saturated rings. The van der Waals surface area contributed by atoms with Gasteiger partial charge in [0.1, 0.15) is 0 Å². The normalized spacial score (nSPS) is 11.9. The Morgan fingerprint density at radius 3 is 0.875 bits per heavy atom. The van der Waals surface area contributed by atoms with Gasteiger partial charge in [0.15, 0.2) is 0 Å². The summed E-state index contributed by atoms with van der Waals surface area (Å²) in [5, 5.41) is 0. The first-order chi connectivity index (χ1) is 15.1. The Morgan fingerprint density at radius 2 is 0.656 bits per heavy atom. The second-order valence-electron chi connectivity index (χ2n) is 8.30. The largest absolute Gasteiger partial charge is 0.469 e. The Hall–Kier alpha value is 0.220. The Kier molecular flexibility index (Phi) is 26.2. The van der Waals surface area contributed by atoms with Crippen LogP contribution in [0.25, 0.3) is 0 Å². The number of unbranched alkanes of at least 4 members (excludes halogenated alkanes) is 16. The first-order valence-corrected chi connectivity index (χ1v) is 15.6. The molecule has 0 saturated heterocycles. The summed E-state index contributed by atoms with van der Waals surface area (Å²) in [4.78, 5) is 33.7. The number of rotatable bonds is 22. The van der Waals surface area contributed by atoms with Crippen LogP contribution in [0, 0.1) is 0 Å². The molecule has 0 unspecified atom stereocenters. The predicted molar refractivity (Wildman–Crippen MR) is 130 cm³/mol. The number of phosphoric acid groups is 2. The fourth-order valence-corrected chi connectivity index (χ4v) is 3.93. The molecule has 0 aromatic heterocycles. The zero-order valence-corrected chi connectivity index (χ0v) is 22.2. The number of hydrogen-bond donors (Lipinski definition) is 4. The van der Waals surface area contributed by atoms with Gasteiger partial charge in [-0.3, -0.25) is 9.05 Å². The Bertz CT molecular complexity index is 465. The zero-order chi connectivity index (χ0) is 24.6. The quantitative estimate of drug-likeness (QED) is 0.0894. The predicted octanol–water partition coefficient (Wildman–Crippen LogP) is 7.25. The first-order valence-electron chi connectivity index (χ1n) is 12.5. The molecule has 32 heavy (non-hydrogen) atoms. The highest BCUT2D eigenvalue weighted by atomic mass is 31.2. The molecule has 0 bridgehead atoms. The molecule has 0 radical (unpaired) electrons. The van der Waals surface area contributed by atoms with Crippen molar-refractivity contribution in [1.29, 1.82) is 0 Å². The lowest BCUT2D eigenvalue weighted by Crippen LogP contribution is -1.92. The molecule has 0 atom stereocenters. The van der Waals surface area contributed by atoms with Crippen LogP contribution in [-0.4, -0.2) is 32.8 Å². The third-order valence-corrected chi connectivity index (χ3v) is 6.05. The fourth-order valence-electron chi connectivity index (χ4n) is 3.19. The maximum Gasteiger partial charge on any atom is 0.469 e. The van der Waals surface area contributed by atoms with Crippen molar-refractivity contribution in [1.82, 2.24) is 0 Å². The average molecular weight is 505 g/mol. The molecule has 0 aromatic carbocycles. The molecule has 10 heteroatoms. The van der Waals surface area contributed by atoms with Crippen molar-refractivity contribution >= 4 is 15.6 Å². The van der Waals surface area contributed by atoms with Crippen molar-refractivity contribution in [3.63, 3.8) is 0 Å². The van der Waals surface area contributed by atoms with Crippen molar-refractivity contribution < 1.29 is 37.8 Å². The van der Waals surface area contributed by atoms with Gasteiger partial charge in [0, 0.05) is 0 Å². The SMILES string of the molecule is CCCCCCCCCCCCOP(=O)(O)O.CCCCCCCCCCOP(=O)(O)O. The minimum absolute atomic E-state index is 0.166. The summed E-state index contributed by atoms with van der Waals surface area (Å²) in [5.41, 5.74) is 0. The summed E-state index contributed by atoms with van der Waals surface area (Å²) < 4.78 is 29.4. The van der Waals surface area contributed by atoms with Crippen molar-refractivity contribution in [3.05, 3.63) is 0 Å². The summed E-state index contributed by atoms with van der Waals surface area (Å²) in [7, 11) is -8.48. The third kappa shape index (κ3) is 37.5. The van der Waals surface area contributed by atoms with E-state index < -0.39 is 15.6 Å². The van der Waals surface area contributed by atoms with Gasteiger partial charge in [0.05, 0.1) is 13.2 Å². The number of hydrogen-bond acceptors (Lipinski definition) is 4. The Morgan fingerprint density at radius 1 is 0.438 bits per heavy atom. The van der Waals surface area contributed by atoms with E-state index in [9.17, 15) is 9.13 Å². The van der Waals surface area contributed by atoms with Gasteiger partial charge in [-0.25, -0.2) is 9.13 Å². The molecule has 0 aliphatic heterocycles. The van der Waals surface area contributed by atoms with Crippen LogP contribution in [0.1, 0.15) is 129 Å². The van der Waals surface area contributed by atoms with Crippen LogP contribution in [0.4, 0.5) is 0 Å². The summed E-state index contributed by atoms with van der Waals surface area (Å²) in [6, 6.07) is 0. The lowest BCUT2D eigenvalue weighted by atomic mass is 10.1. The van der Waals surface area contributed by atoms with Gasteiger partial charge in [-0.05, 0) is 12.8 Å². The summed E-state index contributed by atoms with van der Waals surface area (Å²) in [5.74, 6) is 0. The van der Waals surface area contributed by atoms with Crippen molar-refractivity contribution in [3.8, 4) is 0 Å². The zero-order valence-electron chi connectivity index (χ0n) is 20.5. The highest BCUT2D eigenvalue weighted by Gasteiger charge is 2.12. The van der Waals surface area contributed by atoms with Gasteiger partial charge in [-0.15, -0.1) is 0 Å². The third-order valence-electron chi connectivity index (χ3n) is 5.01. The van der Waals surface area contributed by atoms with Crippen LogP contribution in [0.3, 0.4) is 0 Å². The standard InChI is InChI=1S/C12H27O4P.C10H23O4P/c1-2-3-4-5-6-7-8-9-10-11-12-16-17(13,14)15;1-2-3-4-5-6-7-8-9-10-14-15(11,12)13/h2-12H2,1H3,(H2,13,14,15);2-10H2,1H3,(H2,11,12,13). The van der Waals surface area contributed by atoms with E-state index in [2.05, 4.69) is 22.9 Å². The second-order valence-corrected chi connectivity index (χ2v) is 10.8. The topological polar surface area (TPSA) is 134 Å². The van der Waals surface area contributed by atoms with Crippen LogP contribution >= 0.6 is 15.6 Å². The fraction of sp³-hybridized carbons (Fsp3) is 1.00. The van der Waals surface area contributed by atoms with Crippen molar-refractivity contribution in [2.45, 2.75) is 129 Å². The van der Waals surface area contributed by atoms with Crippen LogP contribution in [0.2, 0.25) is 0 Å². The molecule has 0 heterocycles. The van der Waals surface area contributed by atoms with E-state index in [1.54, 1.807) is 0 Å². The Balaban J connectivity index is 0. The molecule has 0 aromatic rings. The lowest BCUT2D eigenvalue weighted by molar-refractivity contribution is 0.191. The molecule has 0 aliphatic carbocycles. The molecule has 0 saturated carbocycles.